The molecule has 0 atom stereocenters. The fourth-order valence-electron chi connectivity index (χ4n) is 1.65. The van der Waals surface area contributed by atoms with E-state index in [0.29, 0.717) is 26.1 Å². The summed E-state index contributed by atoms with van der Waals surface area (Å²) in [6, 6.07) is 4.59. The first-order chi connectivity index (χ1) is 9.54. The Kier molecular flexibility index (Phi) is 6.45. The minimum absolute atomic E-state index is 0.0605. The van der Waals surface area contributed by atoms with E-state index in [1.165, 1.54) is 12.1 Å². The highest BCUT2D eigenvalue weighted by molar-refractivity contribution is 5.76. The molecule has 20 heavy (non-hydrogen) atoms. The summed E-state index contributed by atoms with van der Waals surface area (Å²) in [5, 5.41) is 16.4. The first-order valence-corrected chi connectivity index (χ1v) is 6.29. The number of nitrogens with zero attached hydrogens (tertiary/aromatic N) is 1. The van der Waals surface area contributed by atoms with Crippen LogP contribution in [0.2, 0.25) is 0 Å². The number of ether oxygens (including phenoxy) is 1. The highest BCUT2D eigenvalue weighted by atomic mass is 16.6. The van der Waals surface area contributed by atoms with Crippen molar-refractivity contribution < 1.29 is 14.5 Å². The average molecular weight is 281 g/mol. The van der Waals surface area contributed by atoms with Crippen LogP contribution in [0.5, 0.6) is 0 Å². The molecule has 7 heteroatoms. The van der Waals surface area contributed by atoms with Gasteiger partial charge in [-0.2, -0.15) is 0 Å². The van der Waals surface area contributed by atoms with Crippen molar-refractivity contribution >= 4 is 17.3 Å². The lowest BCUT2D eigenvalue weighted by Gasteiger charge is -2.09. The molecule has 1 aromatic rings. The van der Waals surface area contributed by atoms with Crippen molar-refractivity contribution in [3.63, 3.8) is 0 Å². The monoisotopic (exact) mass is 281 g/mol. The Labute approximate surface area is 117 Å². The number of non-ortho nitro benzene ring substituents is 1. The number of nitro groups is 1. The molecule has 2 N–H and O–H groups in total. The third-order valence-corrected chi connectivity index (χ3v) is 2.72. The molecule has 0 radical (unpaired) electrons. The molecule has 0 aliphatic carbocycles. The van der Waals surface area contributed by atoms with E-state index < -0.39 is 4.92 Å². The summed E-state index contributed by atoms with van der Waals surface area (Å²) in [6.45, 7) is 3.23. The molecule has 0 spiro atoms. The molecule has 0 unspecified atom stereocenters. The highest BCUT2D eigenvalue weighted by Gasteiger charge is 2.08. The highest BCUT2D eigenvalue weighted by Crippen LogP contribution is 2.20. The van der Waals surface area contributed by atoms with Crippen molar-refractivity contribution in [2.75, 3.05) is 32.1 Å². The van der Waals surface area contributed by atoms with Crippen LogP contribution in [-0.2, 0) is 9.53 Å². The Balaban J connectivity index is 2.38. The smallest absolute Gasteiger partial charge is 0.269 e. The van der Waals surface area contributed by atoms with Crippen molar-refractivity contribution in [3.8, 4) is 0 Å². The fraction of sp³-hybridized carbons (Fsp3) is 0.462. The maximum absolute atomic E-state index is 11.4. The van der Waals surface area contributed by atoms with Gasteiger partial charge in [-0.1, -0.05) is 0 Å². The van der Waals surface area contributed by atoms with Gasteiger partial charge >= 0.3 is 0 Å². The van der Waals surface area contributed by atoms with E-state index >= 15 is 0 Å². The number of rotatable bonds is 8. The van der Waals surface area contributed by atoms with Gasteiger partial charge in [0.25, 0.3) is 5.69 Å². The second-order valence-corrected chi connectivity index (χ2v) is 4.28. The van der Waals surface area contributed by atoms with Crippen molar-refractivity contribution in [3.05, 3.63) is 33.9 Å². The zero-order valence-electron chi connectivity index (χ0n) is 11.6. The number of aryl methyl sites for hydroxylation is 1. The third kappa shape index (κ3) is 5.23. The molecule has 7 nitrogen and oxygen atoms in total. The number of benzene rings is 1. The summed E-state index contributed by atoms with van der Waals surface area (Å²) >= 11 is 0. The number of hydrogen-bond donors (Lipinski definition) is 2. The van der Waals surface area contributed by atoms with Crippen LogP contribution in [0.4, 0.5) is 11.4 Å². The van der Waals surface area contributed by atoms with Crippen molar-refractivity contribution in [1.82, 2.24) is 5.32 Å². The quantitative estimate of drug-likeness (QED) is 0.427. The van der Waals surface area contributed by atoms with E-state index in [2.05, 4.69) is 10.6 Å². The summed E-state index contributed by atoms with van der Waals surface area (Å²) < 4.78 is 4.83. The molecule has 1 aromatic carbocycles. The topological polar surface area (TPSA) is 93.5 Å². The summed E-state index contributed by atoms with van der Waals surface area (Å²) in [4.78, 5) is 21.6. The van der Waals surface area contributed by atoms with Crippen LogP contribution >= 0.6 is 0 Å². The zero-order chi connectivity index (χ0) is 15.0. The predicted octanol–water partition coefficient (Wildman–Crippen LogP) is 1.47. The summed E-state index contributed by atoms with van der Waals surface area (Å²) in [5.41, 5.74) is 1.63. The molecule has 0 aliphatic rings. The summed E-state index contributed by atoms with van der Waals surface area (Å²) in [5.74, 6) is -0.0610. The van der Waals surface area contributed by atoms with E-state index in [4.69, 9.17) is 4.74 Å². The lowest BCUT2D eigenvalue weighted by Crippen LogP contribution is -2.28. The molecular weight excluding hydrogens is 262 g/mol. The molecule has 1 amide bonds. The van der Waals surface area contributed by atoms with Crippen LogP contribution in [0.1, 0.15) is 12.0 Å². The van der Waals surface area contributed by atoms with Gasteiger partial charge in [0.2, 0.25) is 5.91 Å². The number of amides is 1. The van der Waals surface area contributed by atoms with Crippen LogP contribution in [0.15, 0.2) is 18.2 Å². The Morgan fingerprint density at radius 3 is 2.75 bits per heavy atom. The molecule has 1 rings (SSSR count). The number of anilines is 1. The molecule has 0 saturated carbocycles. The first-order valence-electron chi connectivity index (χ1n) is 6.29. The molecule has 110 valence electrons. The van der Waals surface area contributed by atoms with Gasteiger partial charge < -0.3 is 15.4 Å². The van der Waals surface area contributed by atoms with Gasteiger partial charge in [-0.15, -0.1) is 0 Å². The molecule has 0 bridgehead atoms. The number of nitrogens with one attached hydrogen (secondary N) is 2. The Bertz CT molecular complexity index is 477. The second kappa shape index (κ2) is 8.11. The van der Waals surface area contributed by atoms with Crippen molar-refractivity contribution in [1.29, 1.82) is 0 Å². The minimum Gasteiger partial charge on any atom is -0.384 e. The number of nitro benzene ring substituents is 1. The second-order valence-electron chi connectivity index (χ2n) is 4.28. The normalized spacial score (nSPS) is 10.1. The number of methoxy groups -OCH3 is 1. The summed E-state index contributed by atoms with van der Waals surface area (Å²) in [7, 11) is 1.57. The Morgan fingerprint density at radius 2 is 2.15 bits per heavy atom. The SMILES string of the molecule is COCCNC(=O)CCNc1ccc([N+](=O)[O-])cc1C. The Hall–Kier alpha value is -2.15. The van der Waals surface area contributed by atoms with Gasteiger partial charge in [0.15, 0.2) is 0 Å². The number of carbonyl (C=O) groups excluding carboxylic acids is 1. The molecule has 0 aromatic heterocycles. The van der Waals surface area contributed by atoms with Crippen LogP contribution in [0.25, 0.3) is 0 Å². The summed E-state index contributed by atoms with van der Waals surface area (Å²) in [6.07, 6.45) is 0.333. The van der Waals surface area contributed by atoms with Gasteiger partial charge in [0.1, 0.15) is 0 Å². The van der Waals surface area contributed by atoms with Gasteiger partial charge in [0, 0.05) is 44.4 Å². The molecule has 0 saturated heterocycles. The van der Waals surface area contributed by atoms with Crippen molar-refractivity contribution in [2.45, 2.75) is 13.3 Å². The molecular formula is C13H19N3O4. The fourth-order valence-corrected chi connectivity index (χ4v) is 1.65. The molecule has 0 aliphatic heterocycles. The van der Waals surface area contributed by atoms with E-state index in [-0.39, 0.29) is 11.6 Å². The van der Waals surface area contributed by atoms with Crippen LogP contribution in [0.3, 0.4) is 0 Å². The number of hydrogen-bond acceptors (Lipinski definition) is 5. The minimum atomic E-state index is -0.431. The van der Waals surface area contributed by atoms with E-state index in [1.54, 1.807) is 20.1 Å². The third-order valence-electron chi connectivity index (χ3n) is 2.72. The lowest BCUT2D eigenvalue weighted by molar-refractivity contribution is -0.384. The predicted molar refractivity (Wildman–Crippen MR) is 75.8 cm³/mol. The van der Waals surface area contributed by atoms with Gasteiger partial charge in [-0.05, 0) is 18.6 Å². The zero-order valence-corrected chi connectivity index (χ0v) is 11.6. The van der Waals surface area contributed by atoms with E-state index in [1.807, 2.05) is 0 Å². The van der Waals surface area contributed by atoms with Crippen molar-refractivity contribution in [2.24, 2.45) is 0 Å². The standard InChI is InChI=1S/C13H19N3O4/c1-10-9-11(16(18)19)3-4-12(10)14-6-5-13(17)15-7-8-20-2/h3-4,9,14H,5-8H2,1-2H3,(H,15,17). The lowest BCUT2D eigenvalue weighted by atomic mass is 10.2. The maximum atomic E-state index is 11.4. The van der Waals surface area contributed by atoms with Crippen LogP contribution in [-0.4, -0.2) is 37.6 Å². The van der Waals surface area contributed by atoms with E-state index in [9.17, 15) is 14.9 Å². The molecule has 0 heterocycles. The number of carbonyl (C=O) groups is 1. The maximum Gasteiger partial charge on any atom is 0.269 e. The van der Waals surface area contributed by atoms with Gasteiger partial charge in [-0.25, -0.2) is 0 Å². The van der Waals surface area contributed by atoms with Crippen LogP contribution < -0.4 is 10.6 Å². The molecule has 0 fully saturated rings. The Morgan fingerprint density at radius 1 is 1.40 bits per heavy atom. The first kappa shape index (κ1) is 15.9. The van der Waals surface area contributed by atoms with Crippen LogP contribution in [0, 0.1) is 17.0 Å². The largest absolute Gasteiger partial charge is 0.384 e. The van der Waals surface area contributed by atoms with E-state index in [0.717, 1.165) is 11.3 Å². The van der Waals surface area contributed by atoms with Gasteiger partial charge in [0.05, 0.1) is 11.5 Å². The van der Waals surface area contributed by atoms with Gasteiger partial charge in [-0.3, -0.25) is 14.9 Å². The average Bonchev–Trinajstić information content (AvgIpc) is 2.40.